The first-order chi connectivity index (χ1) is 16.2. The maximum Gasteiger partial charge on any atom is 0.243 e. The van der Waals surface area contributed by atoms with Crippen molar-refractivity contribution in [3.8, 4) is 6.07 Å². The van der Waals surface area contributed by atoms with Crippen molar-refractivity contribution in [1.82, 2.24) is 15.6 Å². The molecule has 3 rings (SSSR count). The molecule has 0 aliphatic carbocycles. The number of nitrogens with one attached hydrogen (secondary N) is 2. The lowest BCUT2D eigenvalue weighted by Crippen LogP contribution is -2.52. The van der Waals surface area contributed by atoms with E-state index in [-0.39, 0.29) is 17.9 Å². The van der Waals surface area contributed by atoms with E-state index in [1.807, 2.05) is 32.0 Å². The molecule has 0 bridgehead atoms. The zero-order valence-corrected chi connectivity index (χ0v) is 20.8. The Hall–Kier alpha value is -3.40. The fourth-order valence-corrected chi connectivity index (χ4v) is 4.45. The number of amides is 2. The fraction of sp³-hybridized carbons (Fsp3) is 0.481. The Morgan fingerprint density at radius 2 is 1.82 bits per heavy atom. The molecule has 0 radical (unpaired) electrons. The van der Waals surface area contributed by atoms with Gasteiger partial charge in [-0.15, -0.1) is 0 Å². The molecular formula is C27H35N5O2. The quantitative estimate of drug-likeness (QED) is 0.657. The van der Waals surface area contributed by atoms with Gasteiger partial charge in [0.25, 0.3) is 0 Å². The molecule has 0 saturated carbocycles. The second-order valence-corrected chi connectivity index (χ2v) is 9.51. The Kier molecular flexibility index (Phi) is 8.27. The molecule has 1 fully saturated rings. The summed E-state index contributed by atoms with van der Waals surface area (Å²) in [5, 5.41) is 15.5. The summed E-state index contributed by atoms with van der Waals surface area (Å²) in [5.74, 6) is 0.783. The third kappa shape index (κ3) is 6.34. The van der Waals surface area contributed by atoms with Gasteiger partial charge in [-0.25, -0.2) is 4.98 Å². The van der Waals surface area contributed by atoms with Crippen LogP contribution in [0.25, 0.3) is 0 Å². The van der Waals surface area contributed by atoms with Crippen LogP contribution in [0.4, 0.5) is 5.82 Å². The Morgan fingerprint density at radius 1 is 1.18 bits per heavy atom. The number of hydrogen-bond donors (Lipinski definition) is 2. The van der Waals surface area contributed by atoms with E-state index in [0.717, 1.165) is 35.5 Å². The van der Waals surface area contributed by atoms with Crippen molar-refractivity contribution < 1.29 is 9.59 Å². The molecule has 1 aliphatic heterocycles. The average molecular weight is 462 g/mol. The molecule has 1 atom stereocenters. The number of rotatable bonds is 7. The molecule has 7 nitrogen and oxygen atoms in total. The number of nitrogens with zero attached hydrogens (tertiary/aromatic N) is 3. The predicted octanol–water partition coefficient (Wildman–Crippen LogP) is 3.53. The van der Waals surface area contributed by atoms with Crippen LogP contribution in [0.3, 0.4) is 0 Å². The molecule has 2 aromatic rings. The number of hydrogen-bond acceptors (Lipinski definition) is 5. The number of aryl methyl sites for hydroxylation is 2. The number of pyridine rings is 1. The summed E-state index contributed by atoms with van der Waals surface area (Å²) >= 11 is 0. The summed E-state index contributed by atoms with van der Waals surface area (Å²) in [6.45, 7) is 11.0. The standard InChI is InChI=1S/C27H35N5O2/c1-17(2)22-8-6-21(7-9-22)15-25(30-20(5)33)27(34)31-23-10-12-32(13-11-23)26-24(16-28)18(3)14-19(4)29-26/h6-9,14,17,23,25H,10-13,15H2,1-5H3,(H,30,33)(H,31,34)/t25-/m1/s1. The third-order valence-electron chi connectivity index (χ3n) is 6.36. The normalized spacial score (nSPS) is 15.0. The molecule has 1 saturated heterocycles. The topological polar surface area (TPSA) is 98.1 Å². The predicted molar refractivity (Wildman–Crippen MR) is 134 cm³/mol. The van der Waals surface area contributed by atoms with Crippen LogP contribution in [0.15, 0.2) is 30.3 Å². The van der Waals surface area contributed by atoms with Crippen LogP contribution < -0.4 is 15.5 Å². The molecular weight excluding hydrogens is 426 g/mol. The van der Waals surface area contributed by atoms with Gasteiger partial charge in [-0.3, -0.25) is 9.59 Å². The van der Waals surface area contributed by atoms with E-state index in [1.165, 1.54) is 12.5 Å². The SMILES string of the molecule is CC(=O)N[C@H](Cc1ccc(C(C)C)cc1)C(=O)NC1CCN(c2nc(C)cc(C)c2C#N)CC1. The molecule has 2 heterocycles. The lowest BCUT2D eigenvalue weighted by molar-refractivity contribution is -0.128. The van der Waals surface area contributed by atoms with Gasteiger partial charge in [0.1, 0.15) is 17.9 Å². The highest BCUT2D eigenvalue weighted by Gasteiger charge is 2.27. The fourth-order valence-electron chi connectivity index (χ4n) is 4.45. The maximum absolute atomic E-state index is 13.1. The second kappa shape index (κ2) is 11.1. The van der Waals surface area contributed by atoms with Crippen LogP contribution in [0.1, 0.15) is 67.5 Å². The van der Waals surface area contributed by atoms with Crippen molar-refractivity contribution in [2.24, 2.45) is 0 Å². The summed E-state index contributed by atoms with van der Waals surface area (Å²) in [4.78, 5) is 31.6. The Morgan fingerprint density at radius 3 is 2.38 bits per heavy atom. The minimum absolute atomic E-state index is 0.0137. The number of piperidine rings is 1. The molecule has 1 aromatic carbocycles. The van der Waals surface area contributed by atoms with Crippen molar-refractivity contribution in [3.05, 3.63) is 58.3 Å². The number of anilines is 1. The number of nitriles is 1. The monoisotopic (exact) mass is 461 g/mol. The average Bonchev–Trinajstić information content (AvgIpc) is 2.78. The van der Waals surface area contributed by atoms with E-state index in [9.17, 15) is 14.9 Å². The molecule has 0 spiro atoms. The van der Waals surface area contributed by atoms with Gasteiger partial charge in [0.05, 0.1) is 5.56 Å². The van der Waals surface area contributed by atoms with Crippen molar-refractivity contribution in [2.45, 2.75) is 71.9 Å². The van der Waals surface area contributed by atoms with E-state index in [2.05, 4.69) is 52.6 Å². The summed E-state index contributed by atoms with van der Waals surface area (Å²) < 4.78 is 0. The van der Waals surface area contributed by atoms with Crippen LogP contribution in [-0.4, -0.2) is 42.0 Å². The zero-order valence-electron chi connectivity index (χ0n) is 20.8. The molecule has 1 aliphatic rings. The lowest BCUT2D eigenvalue weighted by atomic mass is 9.98. The lowest BCUT2D eigenvalue weighted by Gasteiger charge is -2.34. The Balaban J connectivity index is 1.62. The van der Waals surface area contributed by atoms with Gasteiger partial charge in [-0.1, -0.05) is 38.1 Å². The third-order valence-corrected chi connectivity index (χ3v) is 6.36. The van der Waals surface area contributed by atoms with Crippen LogP contribution >= 0.6 is 0 Å². The minimum Gasteiger partial charge on any atom is -0.355 e. The largest absolute Gasteiger partial charge is 0.355 e. The first kappa shape index (κ1) is 25.2. The first-order valence-corrected chi connectivity index (χ1v) is 12.0. The zero-order chi connectivity index (χ0) is 24.8. The number of carbonyl (C=O) groups is 2. The highest BCUT2D eigenvalue weighted by atomic mass is 16.2. The molecule has 34 heavy (non-hydrogen) atoms. The van der Waals surface area contributed by atoms with Gasteiger partial charge in [0.15, 0.2) is 0 Å². The highest BCUT2D eigenvalue weighted by molar-refractivity contribution is 5.87. The molecule has 180 valence electrons. The summed E-state index contributed by atoms with van der Waals surface area (Å²) in [5.41, 5.74) is 4.69. The van der Waals surface area contributed by atoms with Gasteiger partial charge < -0.3 is 15.5 Å². The van der Waals surface area contributed by atoms with Gasteiger partial charge in [-0.2, -0.15) is 5.26 Å². The van der Waals surface area contributed by atoms with Crippen LogP contribution in [0, 0.1) is 25.2 Å². The van der Waals surface area contributed by atoms with E-state index >= 15 is 0 Å². The highest BCUT2D eigenvalue weighted by Crippen LogP contribution is 2.25. The van der Waals surface area contributed by atoms with Gasteiger partial charge in [-0.05, 0) is 55.4 Å². The van der Waals surface area contributed by atoms with Crippen LogP contribution in [0.5, 0.6) is 0 Å². The summed E-state index contributed by atoms with van der Waals surface area (Å²) in [7, 11) is 0. The first-order valence-electron chi connectivity index (χ1n) is 12.0. The summed E-state index contributed by atoms with van der Waals surface area (Å²) in [6, 6.07) is 11.8. The van der Waals surface area contributed by atoms with Crippen molar-refractivity contribution in [1.29, 1.82) is 5.26 Å². The number of benzene rings is 1. The number of carbonyl (C=O) groups excluding carboxylic acids is 2. The molecule has 2 amide bonds. The van der Waals surface area contributed by atoms with Gasteiger partial charge >= 0.3 is 0 Å². The maximum atomic E-state index is 13.1. The molecule has 1 aromatic heterocycles. The Bertz CT molecular complexity index is 1060. The second-order valence-electron chi connectivity index (χ2n) is 9.51. The van der Waals surface area contributed by atoms with Gasteiger partial charge in [0, 0.05) is 38.2 Å². The van der Waals surface area contributed by atoms with Crippen molar-refractivity contribution in [3.63, 3.8) is 0 Å². The van der Waals surface area contributed by atoms with Crippen molar-refractivity contribution in [2.75, 3.05) is 18.0 Å². The summed E-state index contributed by atoms with van der Waals surface area (Å²) in [6.07, 6.45) is 1.95. The number of aromatic nitrogens is 1. The molecule has 0 unspecified atom stereocenters. The van der Waals surface area contributed by atoms with Crippen LogP contribution in [-0.2, 0) is 16.0 Å². The van der Waals surface area contributed by atoms with Crippen LogP contribution in [0.2, 0.25) is 0 Å². The molecule has 7 heteroatoms. The smallest absolute Gasteiger partial charge is 0.243 e. The van der Waals surface area contributed by atoms with Gasteiger partial charge in [0.2, 0.25) is 11.8 Å². The van der Waals surface area contributed by atoms with E-state index in [0.29, 0.717) is 31.0 Å². The van der Waals surface area contributed by atoms with E-state index in [4.69, 9.17) is 0 Å². The van der Waals surface area contributed by atoms with E-state index < -0.39 is 6.04 Å². The molecule has 2 N–H and O–H groups in total. The van der Waals surface area contributed by atoms with Crippen molar-refractivity contribution >= 4 is 17.6 Å². The minimum atomic E-state index is -0.619. The van der Waals surface area contributed by atoms with E-state index in [1.54, 1.807) is 0 Å². The Labute approximate surface area is 202 Å².